The molecular weight excluding hydrogens is 390 g/mol. The first kappa shape index (κ1) is 25.3. The van der Waals surface area contributed by atoms with Crippen molar-refractivity contribution >= 4 is 11.9 Å². The average molecular weight is 432 g/mol. The van der Waals surface area contributed by atoms with Gasteiger partial charge in [-0.05, 0) is 61.1 Å². The molecule has 0 bridgehead atoms. The monoisotopic (exact) mass is 431 g/mol. The van der Waals surface area contributed by atoms with Crippen LogP contribution >= 0.6 is 0 Å². The summed E-state index contributed by atoms with van der Waals surface area (Å²) in [6, 6.07) is 7.72. The molecule has 1 aliphatic carbocycles. The predicted octanol–water partition coefficient (Wildman–Crippen LogP) is 4.60. The second kappa shape index (κ2) is 11.1. The molecule has 0 heterocycles. The van der Waals surface area contributed by atoms with Crippen molar-refractivity contribution in [3.05, 3.63) is 35.4 Å². The van der Waals surface area contributed by atoms with Gasteiger partial charge in [0.2, 0.25) is 0 Å². The second-order valence-corrected chi connectivity index (χ2v) is 9.78. The van der Waals surface area contributed by atoms with Gasteiger partial charge < -0.3 is 16.2 Å². The Morgan fingerprint density at radius 1 is 1.19 bits per heavy atom. The number of amides is 1. The van der Waals surface area contributed by atoms with Gasteiger partial charge in [-0.15, -0.1) is 0 Å². The third-order valence-corrected chi connectivity index (χ3v) is 7.13. The summed E-state index contributed by atoms with van der Waals surface area (Å²) in [7, 11) is 0. The van der Waals surface area contributed by atoms with Crippen LogP contribution in [0.3, 0.4) is 0 Å². The quantitative estimate of drug-likeness (QED) is 0.383. The van der Waals surface area contributed by atoms with Gasteiger partial charge in [-0.25, -0.2) is 0 Å². The molecule has 0 radical (unpaired) electrons. The minimum absolute atomic E-state index is 0.0821. The van der Waals surface area contributed by atoms with Crippen molar-refractivity contribution in [2.75, 3.05) is 6.54 Å². The van der Waals surface area contributed by atoms with E-state index in [0.717, 1.165) is 50.0 Å². The first-order valence-corrected chi connectivity index (χ1v) is 11.8. The molecule has 6 heteroatoms. The predicted molar refractivity (Wildman–Crippen MR) is 125 cm³/mol. The maximum Gasteiger partial charge on any atom is 0.305 e. The molecule has 1 fully saturated rings. The van der Waals surface area contributed by atoms with Crippen LogP contribution in [0.1, 0.15) is 101 Å². The molecule has 6 nitrogen and oxygen atoms in total. The van der Waals surface area contributed by atoms with Crippen molar-refractivity contribution in [3.63, 3.8) is 0 Å². The van der Waals surface area contributed by atoms with E-state index in [1.807, 2.05) is 12.1 Å². The highest BCUT2D eigenvalue weighted by molar-refractivity contribution is 5.94. The molecule has 31 heavy (non-hydrogen) atoms. The lowest BCUT2D eigenvalue weighted by Gasteiger charge is -2.45. The Morgan fingerprint density at radius 2 is 1.81 bits per heavy atom. The van der Waals surface area contributed by atoms with Crippen LogP contribution in [-0.2, 0) is 4.79 Å². The van der Waals surface area contributed by atoms with Crippen molar-refractivity contribution in [1.82, 2.24) is 10.6 Å². The fraction of sp³-hybridized carbons (Fsp3) is 0.680. The molecule has 1 aromatic carbocycles. The van der Waals surface area contributed by atoms with E-state index in [9.17, 15) is 9.59 Å². The van der Waals surface area contributed by atoms with Crippen molar-refractivity contribution in [3.8, 4) is 0 Å². The van der Waals surface area contributed by atoms with Crippen molar-refractivity contribution in [2.24, 2.45) is 17.1 Å². The lowest BCUT2D eigenvalue weighted by molar-refractivity contribution is -0.136. The fourth-order valence-electron chi connectivity index (χ4n) is 4.56. The Labute approximate surface area is 187 Å². The van der Waals surface area contributed by atoms with Gasteiger partial charge in [-0.3, -0.25) is 14.9 Å². The summed E-state index contributed by atoms with van der Waals surface area (Å²) in [5.41, 5.74) is 8.49. The first-order chi connectivity index (χ1) is 14.6. The normalized spacial score (nSPS) is 22.7. The molecule has 5 N–H and O–H groups in total. The molecule has 1 saturated carbocycles. The number of hydrogen-bond donors (Lipinski definition) is 4. The number of carboxylic acid groups (broad SMARTS) is 1. The van der Waals surface area contributed by atoms with Gasteiger partial charge in [0.1, 0.15) is 0 Å². The summed E-state index contributed by atoms with van der Waals surface area (Å²) in [6.07, 6.45) is 7.39. The molecule has 1 aliphatic rings. The van der Waals surface area contributed by atoms with Crippen LogP contribution in [0.5, 0.6) is 0 Å². The Bertz CT molecular complexity index is 722. The number of aliphatic carboxylic acids is 1. The smallest absolute Gasteiger partial charge is 0.305 e. The topological polar surface area (TPSA) is 104 Å². The zero-order chi connectivity index (χ0) is 23.1. The van der Waals surface area contributed by atoms with E-state index in [1.54, 1.807) is 12.1 Å². The van der Waals surface area contributed by atoms with Crippen LogP contribution in [0.25, 0.3) is 0 Å². The molecule has 1 aromatic rings. The van der Waals surface area contributed by atoms with Gasteiger partial charge in [-0.1, -0.05) is 52.7 Å². The van der Waals surface area contributed by atoms with E-state index < -0.39 is 5.97 Å². The van der Waals surface area contributed by atoms with Gasteiger partial charge >= 0.3 is 5.97 Å². The van der Waals surface area contributed by atoms with Gasteiger partial charge in [0.15, 0.2) is 0 Å². The van der Waals surface area contributed by atoms with E-state index in [-0.39, 0.29) is 30.6 Å². The molecule has 1 atom stereocenters. The third kappa shape index (κ3) is 7.32. The number of nitrogens with two attached hydrogens (primary N) is 1. The van der Waals surface area contributed by atoms with E-state index >= 15 is 0 Å². The summed E-state index contributed by atoms with van der Waals surface area (Å²) < 4.78 is 0. The minimum atomic E-state index is -0.924. The fourth-order valence-corrected chi connectivity index (χ4v) is 4.56. The summed E-state index contributed by atoms with van der Waals surface area (Å²) >= 11 is 0. The van der Waals surface area contributed by atoms with Crippen LogP contribution in [0.15, 0.2) is 24.3 Å². The van der Waals surface area contributed by atoms with Crippen LogP contribution in [0.4, 0.5) is 0 Å². The summed E-state index contributed by atoms with van der Waals surface area (Å²) in [4.78, 5) is 22.8. The lowest BCUT2D eigenvalue weighted by atomic mass is 9.67. The number of rotatable bonds is 11. The van der Waals surface area contributed by atoms with Crippen LogP contribution < -0.4 is 16.4 Å². The van der Waals surface area contributed by atoms with Crippen LogP contribution in [0, 0.1) is 11.3 Å². The number of hydrogen-bond acceptors (Lipinski definition) is 4. The van der Waals surface area contributed by atoms with Crippen molar-refractivity contribution in [1.29, 1.82) is 0 Å². The minimum Gasteiger partial charge on any atom is -0.481 e. The molecular formula is C25H41N3O3. The second-order valence-electron chi connectivity index (χ2n) is 9.78. The maximum absolute atomic E-state index is 12.2. The molecule has 0 aliphatic heterocycles. The zero-order valence-corrected chi connectivity index (χ0v) is 19.7. The van der Waals surface area contributed by atoms with Gasteiger partial charge in [0.25, 0.3) is 5.91 Å². The maximum atomic E-state index is 12.2. The van der Waals surface area contributed by atoms with Gasteiger partial charge in [-0.2, -0.15) is 0 Å². The number of carbonyl (C=O) groups excluding carboxylic acids is 1. The highest BCUT2D eigenvalue weighted by atomic mass is 16.4. The summed E-state index contributed by atoms with van der Waals surface area (Å²) in [5.74, 6) is -0.452. The number of carbonyl (C=O) groups is 2. The molecule has 0 unspecified atom stereocenters. The van der Waals surface area contributed by atoms with Crippen LogP contribution in [0.2, 0.25) is 0 Å². The van der Waals surface area contributed by atoms with E-state index in [2.05, 4.69) is 38.3 Å². The Kier molecular flexibility index (Phi) is 9.07. The van der Waals surface area contributed by atoms with E-state index in [0.29, 0.717) is 11.0 Å². The standard InChI is InChI=1S/C25H41N3O3/c1-5-7-21(28-25(26)15-12-20(13-16-25)24(3,4)6-2)18-8-10-19(11-9-18)23(31)27-17-14-22(29)30/h8-11,20-21,28H,5-7,12-17,26H2,1-4H3,(H,27,31)(H,29,30)/t20?,21-,25?/m1/s1. The number of carboxylic acids is 1. The first-order valence-electron chi connectivity index (χ1n) is 11.8. The largest absolute Gasteiger partial charge is 0.481 e. The highest BCUT2D eigenvalue weighted by Crippen LogP contribution is 2.42. The molecule has 1 amide bonds. The van der Waals surface area contributed by atoms with Gasteiger partial charge in [0, 0.05) is 18.2 Å². The van der Waals surface area contributed by atoms with E-state index in [4.69, 9.17) is 10.8 Å². The summed E-state index contributed by atoms with van der Waals surface area (Å²) in [6.45, 7) is 9.31. The van der Waals surface area contributed by atoms with E-state index in [1.165, 1.54) is 6.42 Å². The molecule has 174 valence electrons. The average Bonchev–Trinajstić information content (AvgIpc) is 2.73. The third-order valence-electron chi connectivity index (χ3n) is 7.13. The van der Waals surface area contributed by atoms with Crippen molar-refractivity contribution < 1.29 is 14.7 Å². The highest BCUT2D eigenvalue weighted by Gasteiger charge is 2.38. The molecule has 0 spiro atoms. The Balaban J connectivity index is 2.00. The lowest BCUT2D eigenvalue weighted by Crippen LogP contribution is -2.57. The SMILES string of the molecule is CCC[C@@H](NC1(N)CCC(C(C)(C)CC)CC1)c1ccc(C(=O)NCCC(=O)O)cc1. The Morgan fingerprint density at radius 3 is 2.32 bits per heavy atom. The summed E-state index contributed by atoms with van der Waals surface area (Å²) in [5, 5.41) is 15.1. The number of nitrogens with one attached hydrogen (secondary N) is 2. The number of benzene rings is 1. The van der Waals surface area contributed by atoms with Crippen LogP contribution in [-0.4, -0.2) is 29.2 Å². The molecule has 0 aromatic heterocycles. The molecule has 0 saturated heterocycles. The zero-order valence-electron chi connectivity index (χ0n) is 19.7. The Hall–Kier alpha value is -1.92. The molecule has 2 rings (SSSR count). The van der Waals surface area contributed by atoms with Crippen molar-refractivity contribution in [2.45, 2.75) is 90.8 Å². The van der Waals surface area contributed by atoms with Gasteiger partial charge in [0.05, 0.1) is 12.1 Å².